The summed E-state index contributed by atoms with van der Waals surface area (Å²) < 4.78 is 45.7. The molecule has 1 heterocycles. The minimum atomic E-state index is -4.68. The van der Waals surface area contributed by atoms with Crippen LogP contribution < -0.4 is 10.2 Å². The number of carbonyl (C=O) groups excluding carboxylic acids is 1. The third-order valence-electron chi connectivity index (χ3n) is 4.07. The maximum absolute atomic E-state index is 13.3. The van der Waals surface area contributed by atoms with Crippen LogP contribution in [0.1, 0.15) is 18.3 Å². The van der Waals surface area contributed by atoms with Crippen molar-refractivity contribution in [3.63, 3.8) is 0 Å². The molecule has 1 N–H and O–H groups in total. The molecule has 0 aliphatic carbocycles. The Morgan fingerprint density at radius 2 is 1.86 bits per heavy atom. The number of hydrogen-bond donors (Lipinski definition) is 1. The number of methoxy groups -OCH3 is 1. The van der Waals surface area contributed by atoms with Crippen molar-refractivity contribution in [3.8, 4) is 5.75 Å². The van der Waals surface area contributed by atoms with Gasteiger partial charge in [-0.2, -0.15) is 18.3 Å². The Bertz CT molecular complexity index is 1020. The predicted molar refractivity (Wildman–Crippen MR) is 98.1 cm³/mol. The van der Waals surface area contributed by atoms with E-state index in [9.17, 15) is 18.0 Å². The van der Waals surface area contributed by atoms with Gasteiger partial charge in [-0.05, 0) is 48.9 Å². The fourth-order valence-corrected chi connectivity index (χ4v) is 2.67. The number of benzene rings is 2. The van der Waals surface area contributed by atoms with E-state index in [0.717, 1.165) is 10.1 Å². The first kappa shape index (κ1) is 19.4. The average molecular weight is 390 g/mol. The van der Waals surface area contributed by atoms with Crippen LogP contribution in [0.25, 0.3) is 11.0 Å². The summed E-state index contributed by atoms with van der Waals surface area (Å²) in [6, 6.07) is 13.1. The summed E-state index contributed by atoms with van der Waals surface area (Å²) in [5, 5.41) is 3.96. The molecule has 0 radical (unpaired) electrons. The third kappa shape index (κ3) is 4.13. The molecule has 28 heavy (non-hydrogen) atoms. The number of nitrogens with one attached hydrogen (secondary N) is 1. The van der Waals surface area contributed by atoms with Crippen LogP contribution in [0.4, 0.5) is 13.2 Å². The topological polar surface area (TPSA) is 68.5 Å². The molecular formula is C19H17F3N4O2. The maximum atomic E-state index is 13.3. The molecule has 0 spiro atoms. The van der Waals surface area contributed by atoms with E-state index >= 15 is 0 Å². The van der Waals surface area contributed by atoms with Gasteiger partial charge in [0.25, 0.3) is 5.91 Å². The summed E-state index contributed by atoms with van der Waals surface area (Å²) in [5.41, 5.74) is 3.93. The summed E-state index contributed by atoms with van der Waals surface area (Å²) in [4.78, 5) is 15.8. The molecule has 0 aliphatic heterocycles. The zero-order valence-corrected chi connectivity index (χ0v) is 15.1. The molecule has 0 unspecified atom stereocenters. The van der Waals surface area contributed by atoms with Gasteiger partial charge in [0, 0.05) is 0 Å². The predicted octanol–water partition coefficient (Wildman–Crippen LogP) is 3.60. The molecule has 0 aliphatic rings. The lowest BCUT2D eigenvalue weighted by molar-refractivity contribution is -0.147. The van der Waals surface area contributed by atoms with Crippen molar-refractivity contribution in [1.82, 2.24) is 15.0 Å². The van der Waals surface area contributed by atoms with Gasteiger partial charge in [0.2, 0.25) is 5.82 Å². The molecule has 6 nitrogen and oxygen atoms in total. The van der Waals surface area contributed by atoms with Gasteiger partial charge < -0.3 is 9.30 Å². The van der Waals surface area contributed by atoms with Gasteiger partial charge in [-0.25, -0.2) is 10.4 Å². The monoisotopic (exact) mass is 390 g/mol. The largest absolute Gasteiger partial charge is 0.497 e. The number of para-hydroxylation sites is 2. The van der Waals surface area contributed by atoms with E-state index in [4.69, 9.17) is 4.74 Å². The van der Waals surface area contributed by atoms with Gasteiger partial charge in [0.15, 0.2) is 0 Å². The molecule has 9 heteroatoms. The Labute approximate surface area is 158 Å². The van der Waals surface area contributed by atoms with Crippen LogP contribution >= 0.6 is 0 Å². The normalized spacial score (nSPS) is 12.2. The van der Waals surface area contributed by atoms with Crippen molar-refractivity contribution in [2.45, 2.75) is 19.6 Å². The number of hydrazone groups is 1. The van der Waals surface area contributed by atoms with E-state index in [0.29, 0.717) is 11.5 Å². The summed E-state index contributed by atoms with van der Waals surface area (Å²) in [6.45, 7) is 1.12. The van der Waals surface area contributed by atoms with Crippen LogP contribution in [0.15, 0.2) is 53.6 Å². The van der Waals surface area contributed by atoms with Gasteiger partial charge in [-0.3, -0.25) is 4.79 Å². The highest BCUT2D eigenvalue weighted by atomic mass is 19.4. The quantitative estimate of drug-likeness (QED) is 0.535. The standard InChI is InChI=1S/C19H17F3N4O2/c1-12(13-7-9-14(28-2)10-8-13)24-25-17(27)11-26-16-6-4-3-5-15(16)23-18(26)19(20,21)22/h3-10H,11H2,1-2H3,(H,25,27). The van der Waals surface area contributed by atoms with E-state index in [1.54, 1.807) is 50.4 Å². The number of aromatic nitrogens is 2. The number of halogens is 3. The Morgan fingerprint density at radius 3 is 2.50 bits per heavy atom. The fraction of sp³-hybridized carbons (Fsp3) is 0.211. The first-order valence-corrected chi connectivity index (χ1v) is 8.29. The first-order chi connectivity index (χ1) is 13.3. The molecule has 0 bridgehead atoms. The molecule has 1 aromatic heterocycles. The zero-order valence-electron chi connectivity index (χ0n) is 15.1. The molecule has 0 fully saturated rings. The molecule has 0 saturated carbocycles. The highest BCUT2D eigenvalue weighted by Crippen LogP contribution is 2.31. The molecule has 3 aromatic rings. The SMILES string of the molecule is COc1ccc(C(C)=NNC(=O)Cn2c(C(F)(F)F)nc3ccccc32)cc1. The van der Waals surface area contributed by atoms with E-state index in [2.05, 4.69) is 15.5 Å². The number of ether oxygens (including phenoxy) is 1. The Hall–Kier alpha value is -3.36. The first-order valence-electron chi connectivity index (χ1n) is 8.29. The molecule has 2 aromatic carbocycles. The Kier molecular flexibility index (Phi) is 5.34. The molecule has 146 valence electrons. The van der Waals surface area contributed by atoms with Crippen molar-refractivity contribution in [1.29, 1.82) is 0 Å². The van der Waals surface area contributed by atoms with Crippen molar-refractivity contribution in [3.05, 3.63) is 59.9 Å². The summed E-state index contributed by atoms with van der Waals surface area (Å²) >= 11 is 0. The van der Waals surface area contributed by atoms with Crippen LogP contribution in [0, 0.1) is 0 Å². The number of amides is 1. The van der Waals surface area contributed by atoms with Crippen LogP contribution in [0.3, 0.4) is 0 Å². The summed E-state index contributed by atoms with van der Waals surface area (Å²) in [7, 11) is 1.55. The Morgan fingerprint density at radius 1 is 1.18 bits per heavy atom. The number of alkyl halides is 3. The second-order valence-corrected chi connectivity index (χ2v) is 5.97. The van der Waals surface area contributed by atoms with Gasteiger partial charge in [0.1, 0.15) is 12.3 Å². The second kappa shape index (κ2) is 7.71. The lowest BCUT2D eigenvalue weighted by Gasteiger charge is -2.10. The second-order valence-electron chi connectivity index (χ2n) is 5.97. The number of imidazole rings is 1. The van der Waals surface area contributed by atoms with E-state index in [-0.39, 0.29) is 11.0 Å². The number of fused-ring (bicyclic) bond motifs is 1. The Balaban J connectivity index is 1.79. The van der Waals surface area contributed by atoms with E-state index < -0.39 is 24.5 Å². The fourth-order valence-electron chi connectivity index (χ4n) is 2.67. The molecule has 0 saturated heterocycles. The number of carbonyl (C=O) groups is 1. The van der Waals surface area contributed by atoms with Crippen LogP contribution in [0.2, 0.25) is 0 Å². The van der Waals surface area contributed by atoms with Crippen molar-refractivity contribution in [2.24, 2.45) is 5.10 Å². The van der Waals surface area contributed by atoms with Gasteiger partial charge >= 0.3 is 6.18 Å². The lowest BCUT2D eigenvalue weighted by atomic mass is 10.1. The number of hydrogen-bond acceptors (Lipinski definition) is 4. The summed E-state index contributed by atoms with van der Waals surface area (Å²) in [5.74, 6) is -1.14. The number of rotatable bonds is 5. The van der Waals surface area contributed by atoms with Crippen LogP contribution in [-0.2, 0) is 17.5 Å². The molecule has 3 rings (SSSR count). The zero-order chi connectivity index (χ0) is 20.3. The highest BCUT2D eigenvalue weighted by Gasteiger charge is 2.37. The molecule has 0 atom stereocenters. The molecule has 1 amide bonds. The minimum absolute atomic E-state index is 0.167. The van der Waals surface area contributed by atoms with Gasteiger partial charge in [-0.15, -0.1) is 0 Å². The van der Waals surface area contributed by atoms with Crippen LogP contribution in [0.5, 0.6) is 5.75 Å². The maximum Gasteiger partial charge on any atom is 0.449 e. The average Bonchev–Trinajstić information content (AvgIpc) is 3.05. The van der Waals surface area contributed by atoms with E-state index in [1.165, 1.54) is 12.1 Å². The van der Waals surface area contributed by atoms with Crippen molar-refractivity contribution in [2.75, 3.05) is 7.11 Å². The van der Waals surface area contributed by atoms with E-state index in [1.807, 2.05) is 0 Å². The van der Waals surface area contributed by atoms with Crippen molar-refractivity contribution >= 4 is 22.7 Å². The third-order valence-corrected chi connectivity index (χ3v) is 4.07. The van der Waals surface area contributed by atoms with Gasteiger partial charge in [0.05, 0.1) is 23.9 Å². The lowest BCUT2D eigenvalue weighted by Crippen LogP contribution is -2.27. The number of nitrogens with zero attached hydrogens (tertiary/aromatic N) is 3. The molecular weight excluding hydrogens is 373 g/mol. The van der Waals surface area contributed by atoms with Crippen LogP contribution in [-0.4, -0.2) is 28.3 Å². The minimum Gasteiger partial charge on any atom is -0.497 e. The smallest absolute Gasteiger partial charge is 0.449 e. The van der Waals surface area contributed by atoms with Crippen molar-refractivity contribution < 1.29 is 22.7 Å². The highest BCUT2D eigenvalue weighted by molar-refractivity contribution is 5.99. The van der Waals surface area contributed by atoms with Gasteiger partial charge in [-0.1, -0.05) is 12.1 Å². The summed E-state index contributed by atoms with van der Waals surface area (Å²) in [6.07, 6.45) is -4.68.